The molecule has 3 aromatic rings. The van der Waals surface area contributed by atoms with E-state index in [9.17, 15) is 19.2 Å². The highest BCUT2D eigenvalue weighted by molar-refractivity contribution is 5.85. The summed E-state index contributed by atoms with van der Waals surface area (Å²) in [7, 11) is 1.19. The molecule has 240 valence electrons. The lowest BCUT2D eigenvalue weighted by Gasteiger charge is -2.30. The molecule has 0 N–H and O–H groups in total. The molecule has 0 saturated carbocycles. The summed E-state index contributed by atoms with van der Waals surface area (Å²) in [6, 6.07) is 14.6. The van der Waals surface area contributed by atoms with Gasteiger partial charge in [0.05, 0.1) is 19.1 Å². The first kappa shape index (κ1) is 33.2. The number of benzene rings is 2. The number of ether oxygens (including phenoxy) is 4. The van der Waals surface area contributed by atoms with Crippen molar-refractivity contribution in [2.24, 2.45) is 0 Å². The van der Waals surface area contributed by atoms with Gasteiger partial charge in [-0.1, -0.05) is 48.5 Å². The summed E-state index contributed by atoms with van der Waals surface area (Å²) in [4.78, 5) is 57.5. The van der Waals surface area contributed by atoms with E-state index in [2.05, 4.69) is 4.98 Å². The number of esters is 3. The molecule has 0 bridgehead atoms. The van der Waals surface area contributed by atoms with Gasteiger partial charge in [-0.15, -0.1) is 0 Å². The third kappa shape index (κ3) is 8.71. The van der Waals surface area contributed by atoms with Crippen LogP contribution >= 0.6 is 0 Å². The summed E-state index contributed by atoms with van der Waals surface area (Å²) in [5.41, 5.74) is 3.07. The Morgan fingerprint density at radius 2 is 1.42 bits per heavy atom. The third-order valence-corrected chi connectivity index (χ3v) is 6.96. The quantitative estimate of drug-likeness (QED) is 0.230. The standard InChI is InChI=1S/C34H41N3O8/c1-33(2,3)44-29(38)18-36-17-22(35-21-36)16-28(31(40)42-7)37(19-30(39)45-34(4,5)6)32(41)43-20-27-25-14-10-8-12-23(25)24-13-9-11-15-26(24)27/h8-15,17,21,27-28H,16,18-20H2,1-7H3. The van der Waals surface area contributed by atoms with Crippen LogP contribution in [0.3, 0.4) is 0 Å². The van der Waals surface area contributed by atoms with Crippen molar-refractivity contribution in [2.75, 3.05) is 20.3 Å². The predicted molar refractivity (Wildman–Crippen MR) is 165 cm³/mol. The molecule has 1 unspecified atom stereocenters. The van der Waals surface area contributed by atoms with E-state index >= 15 is 0 Å². The summed E-state index contributed by atoms with van der Waals surface area (Å²) < 4.78 is 23.2. The van der Waals surface area contributed by atoms with Crippen LogP contribution in [0.2, 0.25) is 0 Å². The smallest absolute Gasteiger partial charge is 0.411 e. The second kappa shape index (κ2) is 13.5. The molecule has 0 spiro atoms. The summed E-state index contributed by atoms with van der Waals surface area (Å²) in [6.07, 6.45) is 2.01. The number of fused-ring (bicyclic) bond motifs is 3. The van der Waals surface area contributed by atoms with Gasteiger partial charge in [-0.05, 0) is 63.8 Å². The largest absolute Gasteiger partial charge is 0.467 e. The second-order valence-corrected chi connectivity index (χ2v) is 12.9. The summed E-state index contributed by atoms with van der Waals surface area (Å²) in [6.45, 7) is 9.76. The number of amides is 1. The highest BCUT2D eigenvalue weighted by Crippen LogP contribution is 2.44. The number of carbonyl (C=O) groups is 4. The SMILES string of the molecule is COC(=O)C(Cc1cn(CC(=O)OC(C)(C)C)cn1)N(CC(=O)OC(C)(C)C)C(=O)OCC1c2ccccc2-c2ccccc21. The Balaban J connectivity index is 1.57. The van der Waals surface area contributed by atoms with Crippen LogP contribution in [0.4, 0.5) is 4.79 Å². The van der Waals surface area contributed by atoms with E-state index in [0.717, 1.165) is 27.2 Å². The van der Waals surface area contributed by atoms with Crippen molar-refractivity contribution in [2.45, 2.75) is 77.7 Å². The first-order chi connectivity index (χ1) is 21.1. The number of hydrogen-bond acceptors (Lipinski definition) is 9. The number of imidazole rings is 1. The molecule has 45 heavy (non-hydrogen) atoms. The Kier molecular flexibility index (Phi) is 10.00. The van der Waals surface area contributed by atoms with Crippen LogP contribution in [-0.2, 0) is 46.3 Å². The molecular formula is C34H41N3O8. The predicted octanol–water partition coefficient (Wildman–Crippen LogP) is 4.90. The topological polar surface area (TPSA) is 126 Å². The molecule has 0 saturated heterocycles. The minimum absolute atomic E-state index is 0.0178. The highest BCUT2D eigenvalue weighted by Gasteiger charge is 2.37. The lowest BCUT2D eigenvalue weighted by Crippen LogP contribution is -2.50. The van der Waals surface area contributed by atoms with Crippen LogP contribution < -0.4 is 0 Å². The zero-order chi connectivity index (χ0) is 32.9. The van der Waals surface area contributed by atoms with Gasteiger partial charge in [-0.2, -0.15) is 0 Å². The van der Waals surface area contributed by atoms with Crippen molar-refractivity contribution >= 4 is 24.0 Å². The van der Waals surface area contributed by atoms with E-state index in [1.807, 2.05) is 48.5 Å². The van der Waals surface area contributed by atoms with Crippen molar-refractivity contribution in [1.82, 2.24) is 14.5 Å². The molecule has 1 amide bonds. The zero-order valence-electron chi connectivity index (χ0n) is 26.9. The summed E-state index contributed by atoms with van der Waals surface area (Å²) in [5, 5.41) is 0. The van der Waals surface area contributed by atoms with Gasteiger partial charge in [-0.25, -0.2) is 14.6 Å². The van der Waals surface area contributed by atoms with Crippen molar-refractivity contribution in [3.8, 4) is 11.1 Å². The summed E-state index contributed by atoms with van der Waals surface area (Å²) >= 11 is 0. The van der Waals surface area contributed by atoms with Gasteiger partial charge >= 0.3 is 24.0 Å². The monoisotopic (exact) mass is 619 g/mol. The molecule has 0 fully saturated rings. The van der Waals surface area contributed by atoms with E-state index in [0.29, 0.717) is 5.69 Å². The maximum atomic E-state index is 13.8. The fourth-order valence-corrected chi connectivity index (χ4v) is 5.27. The van der Waals surface area contributed by atoms with Crippen LogP contribution in [0, 0.1) is 0 Å². The van der Waals surface area contributed by atoms with Crippen molar-refractivity contribution < 1.29 is 38.1 Å². The second-order valence-electron chi connectivity index (χ2n) is 12.9. The van der Waals surface area contributed by atoms with Crippen LogP contribution in [0.5, 0.6) is 0 Å². The molecule has 1 heterocycles. The van der Waals surface area contributed by atoms with E-state index in [-0.39, 0.29) is 25.5 Å². The van der Waals surface area contributed by atoms with Gasteiger partial charge in [0, 0.05) is 18.5 Å². The molecule has 0 aliphatic heterocycles. The Morgan fingerprint density at radius 1 is 0.867 bits per heavy atom. The van der Waals surface area contributed by atoms with Crippen molar-refractivity contribution in [1.29, 1.82) is 0 Å². The molecule has 0 radical (unpaired) electrons. The van der Waals surface area contributed by atoms with Crippen LogP contribution in [0.25, 0.3) is 11.1 Å². The summed E-state index contributed by atoms with van der Waals surface area (Å²) in [5.74, 6) is -2.18. The van der Waals surface area contributed by atoms with Crippen LogP contribution in [0.1, 0.15) is 64.3 Å². The number of aromatic nitrogens is 2. The van der Waals surface area contributed by atoms with E-state index in [4.69, 9.17) is 18.9 Å². The van der Waals surface area contributed by atoms with Crippen LogP contribution in [-0.4, -0.2) is 76.0 Å². The number of nitrogens with zero attached hydrogens (tertiary/aromatic N) is 3. The molecular weight excluding hydrogens is 578 g/mol. The van der Waals surface area contributed by atoms with Gasteiger partial charge in [0.25, 0.3) is 0 Å². The highest BCUT2D eigenvalue weighted by atomic mass is 16.6. The molecule has 1 atom stereocenters. The minimum atomic E-state index is -1.27. The van der Waals surface area contributed by atoms with Gasteiger partial charge in [-0.3, -0.25) is 14.5 Å². The normalized spacial score (nSPS) is 13.3. The Hall–Kier alpha value is -4.67. The molecule has 1 aliphatic rings. The number of carbonyl (C=O) groups excluding carboxylic acids is 4. The minimum Gasteiger partial charge on any atom is -0.467 e. The molecule has 11 nitrogen and oxygen atoms in total. The fourth-order valence-electron chi connectivity index (χ4n) is 5.27. The van der Waals surface area contributed by atoms with Gasteiger partial charge < -0.3 is 23.5 Å². The fraction of sp³-hybridized carbons (Fsp3) is 0.441. The third-order valence-electron chi connectivity index (χ3n) is 6.96. The molecule has 2 aromatic carbocycles. The van der Waals surface area contributed by atoms with E-state index in [1.165, 1.54) is 18.0 Å². The Bertz CT molecular complexity index is 1500. The molecule has 11 heteroatoms. The average molecular weight is 620 g/mol. The number of hydrogen-bond donors (Lipinski definition) is 0. The Labute approximate surface area is 263 Å². The lowest BCUT2D eigenvalue weighted by molar-refractivity contribution is -0.158. The van der Waals surface area contributed by atoms with Gasteiger partial charge in [0.2, 0.25) is 0 Å². The first-order valence-electron chi connectivity index (χ1n) is 14.8. The van der Waals surface area contributed by atoms with Gasteiger partial charge in [0.1, 0.15) is 36.9 Å². The number of methoxy groups -OCH3 is 1. The molecule has 1 aromatic heterocycles. The van der Waals surface area contributed by atoms with Crippen molar-refractivity contribution in [3.63, 3.8) is 0 Å². The first-order valence-corrected chi connectivity index (χ1v) is 14.8. The molecule has 1 aliphatic carbocycles. The lowest BCUT2D eigenvalue weighted by atomic mass is 9.98. The molecule has 4 rings (SSSR count). The average Bonchev–Trinajstić information content (AvgIpc) is 3.52. The van der Waals surface area contributed by atoms with E-state index in [1.54, 1.807) is 47.7 Å². The van der Waals surface area contributed by atoms with Crippen LogP contribution in [0.15, 0.2) is 61.1 Å². The number of rotatable bonds is 10. The Morgan fingerprint density at radius 3 is 1.98 bits per heavy atom. The maximum Gasteiger partial charge on any atom is 0.411 e. The maximum absolute atomic E-state index is 13.8. The van der Waals surface area contributed by atoms with Crippen molar-refractivity contribution in [3.05, 3.63) is 77.9 Å². The van der Waals surface area contributed by atoms with E-state index < -0.39 is 47.8 Å². The zero-order valence-corrected chi connectivity index (χ0v) is 26.9. The van der Waals surface area contributed by atoms with Gasteiger partial charge in [0.15, 0.2) is 0 Å².